The van der Waals surface area contributed by atoms with Crippen molar-refractivity contribution in [3.8, 4) is 0 Å². The Bertz CT molecular complexity index is 245. The van der Waals surface area contributed by atoms with E-state index in [9.17, 15) is 0 Å². The van der Waals surface area contributed by atoms with Crippen LogP contribution in [0.4, 0.5) is 0 Å². The molecule has 0 unspecified atom stereocenters. The van der Waals surface area contributed by atoms with Gasteiger partial charge in [-0.1, -0.05) is 12.8 Å². The summed E-state index contributed by atoms with van der Waals surface area (Å²) in [4.78, 5) is 1.26. The second kappa shape index (κ2) is 6.96. The molecule has 2 nitrogen and oxygen atoms in total. The molecule has 80 valence electrons. The van der Waals surface area contributed by atoms with Gasteiger partial charge in [0.15, 0.2) is 0 Å². The van der Waals surface area contributed by atoms with Crippen LogP contribution in [0.3, 0.4) is 0 Å². The zero-order chi connectivity index (χ0) is 10.2. The number of rotatable bonds is 7. The molecule has 14 heavy (non-hydrogen) atoms. The monoisotopic (exact) mass is 214 g/mol. The minimum atomic E-state index is 0.327. The standard InChI is InChI=1S/C11H18O2S/c1-10-11(6-8-13-10)14-9-5-3-2-4-7-12/h6,8,12H,2-5,7,9H2,1H3. The molecule has 0 bridgehead atoms. The maximum Gasteiger partial charge on any atom is 0.114 e. The molecule has 0 fully saturated rings. The van der Waals surface area contributed by atoms with Crippen LogP contribution in [-0.2, 0) is 0 Å². The summed E-state index contributed by atoms with van der Waals surface area (Å²) in [6, 6.07) is 2.02. The summed E-state index contributed by atoms with van der Waals surface area (Å²) in [5, 5.41) is 8.59. The molecule has 0 aliphatic rings. The summed E-state index contributed by atoms with van der Waals surface area (Å²) in [6.07, 6.45) is 6.25. The number of thioether (sulfide) groups is 1. The third kappa shape index (κ3) is 4.20. The third-order valence-corrected chi connectivity index (χ3v) is 3.35. The Morgan fingerprint density at radius 3 is 2.71 bits per heavy atom. The first kappa shape index (κ1) is 11.7. The van der Waals surface area contributed by atoms with Crippen molar-refractivity contribution >= 4 is 11.8 Å². The molecule has 0 radical (unpaired) electrons. The molecule has 1 aromatic rings. The van der Waals surface area contributed by atoms with Crippen molar-refractivity contribution in [1.82, 2.24) is 0 Å². The van der Waals surface area contributed by atoms with Gasteiger partial charge in [0.25, 0.3) is 0 Å². The number of hydrogen-bond acceptors (Lipinski definition) is 3. The van der Waals surface area contributed by atoms with E-state index in [1.165, 1.54) is 17.7 Å². The lowest BCUT2D eigenvalue weighted by Gasteiger charge is -1.99. The van der Waals surface area contributed by atoms with E-state index in [0.717, 1.165) is 24.4 Å². The highest BCUT2D eigenvalue weighted by Gasteiger charge is 2.00. The van der Waals surface area contributed by atoms with Crippen LogP contribution in [0.2, 0.25) is 0 Å². The fourth-order valence-electron chi connectivity index (χ4n) is 1.27. The van der Waals surface area contributed by atoms with Gasteiger partial charge in [-0.2, -0.15) is 0 Å². The Hall–Kier alpha value is -0.410. The highest BCUT2D eigenvalue weighted by Crippen LogP contribution is 2.24. The van der Waals surface area contributed by atoms with Crippen molar-refractivity contribution in [2.75, 3.05) is 12.4 Å². The van der Waals surface area contributed by atoms with E-state index in [-0.39, 0.29) is 0 Å². The molecule has 0 spiro atoms. The molecule has 0 amide bonds. The summed E-state index contributed by atoms with van der Waals surface area (Å²) in [7, 11) is 0. The Balaban J connectivity index is 2.02. The molecule has 0 saturated heterocycles. The van der Waals surface area contributed by atoms with Gasteiger partial charge < -0.3 is 9.52 Å². The van der Waals surface area contributed by atoms with E-state index in [1.54, 1.807) is 6.26 Å². The maximum atomic E-state index is 8.59. The Labute approximate surface area is 89.7 Å². The van der Waals surface area contributed by atoms with Crippen LogP contribution in [-0.4, -0.2) is 17.5 Å². The molecule has 0 atom stereocenters. The number of furan rings is 1. The Morgan fingerprint density at radius 2 is 2.07 bits per heavy atom. The molecular formula is C11H18O2S. The number of aliphatic hydroxyl groups excluding tert-OH is 1. The van der Waals surface area contributed by atoms with Gasteiger partial charge in [-0.15, -0.1) is 11.8 Å². The van der Waals surface area contributed by atoms with Crippen molar-refractivity contribution in [2.24, 2.45) is 0 Å². The SMILES string of the molecule is Cc1occc1SCCCCCCO. The Kier molecular flexibility index (Phi) is 5.80. The van der Waals surface area contributed by atoms with E-state index < -0.39 is 0 Å². The average molecular weight is 214 g/mol. The van der Waals surface area contributed by atoms with Gasteiger partial charge in [-0.3, -0.25) is 0 Å². The first-order valence-corrected chi connectivity index (χ1v) is 6.11. The van der Waals surface area contributed by atoms with E-state index in [1.807, 2.05) is 24.8 Å². The van der Waals surface area contributed by atoms with Crippen molar-refractivity contribution in [2.45, 2.75) is 37.5 Å². The van der Waals surface area contributed by atoms with Crippen LogP contribution in [0.5, 0.6) is 0 Å². The minimum Gasteiger partial charge on any atom is -0.468 e. The van der Waals surface area contributed by atoms with Crippen LogP contribution in [0, 0.1) is 6.92 Å². The predicted molar refractivity (Wildman–Crippen MR) is 59.7 cm³/mol. The van der Waals surface area contributed by atoms with Crippen molar-refractivity contribution < 1.29 is 9.52 Å². The normalized spacial score (nSPS) is 10.7. The van der Waals surface area contributed by atoms with Gasteiger partial charge in [0.1, 0.15) is 5.76 Å². The average Bonchev–Trinajstić information content (AvgIpc) is 2.58. The molecule has 0 aliphatic carbocycles. The lowest BCUT2D eigenvalue weighted by Crippen LogP contribution is -1.85. The number of unbranched alkanes of at least 4 members (excludes halogenated alkanes) is 3. The zero-order valence-electron chi connectivity index (χ0n) is 8.66. The summed E-state index contributed by atoms with van der Waals surface area (Å²) in [6.45, 7) is 2.32. The third-order valence-electron chi connectivity index (χ3n) is 2.12. The van der Waals surface area contributed by atoms with E-state index >= 15 is 0 Å². The zero-order valence-corrected chi connectivity index (χ0v) is 9.48. The van der Waals surface area contributed by atoms with Gasteiger partial charge in [-0.25, -0.2) is 0 Å². The van der Waals surface area contributed by atoms with E-state index in [4.69, 9.17) is 9.52 Å². The van der Waals surface area contributed by atoms with Gasteiger partial charge in [0.2, 0.25) is 0 Å². The van der Waals surface area contributed by atoms with Crippen LogP contribution in [0.15, 0.2) is 21.6 Å². The molecule has 1 heterocycles. The largest absolute Gasteiger partial charge is 0.468 e. The Morgan fingerprint density at radius 1 is 1.29 bits per heavy atom. The molecule has 1 N–H and O–H groups in total. The van der Waals surface area contributed by atoms with Crippen LogP contribution >= 0.6 is 11.8 Å². The summed E-state index contributed by atoms with van der Waals surface area (Å²) < 4.78 is 5.21. The maximum absolute atomic E-state index is 8.59. The molecule has 0 aliphatic heterocycles. The van der Waals surface area contributed by atoms with Crippen LogP contribution in [0.25, 0.3) is 0 Å². The topological polar surface area (TPSA) is 33.4 Å². The second-order valence-electron chi connectivity index (χ2n) is 3.33. The summed E-state index contributed by atoms with van der Waals surface area (Å²) in [5.74, 6) is 2.16. The molecule has 1 rings (SSSR count). The lowest BCUT2D eigenvalue weighted by atomic mass is 10.2. The van der Waals surface area contributed by atoms with Crippen molar-refractivity contribution in [1.29, 1.82) is 0 Å². The van der Waals surface area contributed by atoms with Crippen molar-refractivity contribution in [3.63, 3.8) is 0 Å². The minimum absolute atomic E-state index is 0.327. The van der Waals surface area contributed by atoms with Crippen LogP contribution in [0.1, 0.15) is 31.4 Å². The van der Waals surface area contributed by atoms with Gasteiger partial charge in [-0.05, 0) is 31.6 Å². The summed E-state index contributed by atoms with van der Waals surface area (Å²) >= 11 is 1.86. The first-order valence-electron chi connectivity index (χ1n) is 5.12. The fraction of sp³-hybridized carbons (Fsp3) is 0.636. The smallest absolute Gasteiger partial charge is 0.114 e. The second-order valence-corrected chi connectivity index (χ2v) is 4.46. The number of aryl methyl sites for hydroxylation is 1. The van der Waals surface area contributed by atoms with E-state index in [0.29, 0.717) is 6.61 Å². The van der Waals surface area contributed by atoms with E-state index in [2.05, 4.69) is 0 Å². The first-order chi connectivity index (χ1) is 6.84. The predicted octanol–water partition coefficient (Wildman–Crippen LogP) is 3.23. The highest BCUT2D eigenvalue weighted by molar-refractivity contribution is 7.99. The molecular weight excluding hydrogens is 196 g/mol. The molecule has 0 aromatic carbocycles. The number of hydrogen-bond donors (Lipinski definition) is 1. The molecule has 3 heteroatoms. The summed E-state index contributed by atoms with van der Waals surface area (Å²) in [5.41, 5.74) is 0. The van der Waals surface area contributed by atoms with Gasteiger partial charge in [0.05, 0.1) is 6.26 Å². The van der Waals surface area contributed by atoms with Crippen LogP contribution < -0.4 is 0 Å². The number of aliphatic hydroxyl groups is 1. The highest BCUT2D eigenvalue weighted by atomic mass is 32.2. The fourth-order valence-corrected chi connectivity index (χ4v) is 2.24. The molecule has 0 saturated carbocycles. The quantitative estimate of drug-likeness (QED) is 0.559. The van der Waals surface area contributed by atoms with Crippen molar-refractivity contribution in [3.05, 3.63) is 18.1 Å². The van der Waals surface area contributed by atoms with Gasteiger partial charge in [0, 0.05) is 11.5 Å². The molecule has 1 aromatic heterocycles. The van der Waals surface area contributed by atoms with Gasteiger partial charge >= 0.3 is 0 Å². The lowest BCUT2D eigenvalue weighted by molar-refractivity contribution is 0.283.